The lowest BCUT2D eigenvalue weighted by molar-refractivity contribution is 0.466. The van der Waals surface area contributed by atoms with Crippen LogP contribution in [0.3, 0.4) is 0 Å². The fourth-order valence-electron chi connectivity index (χ4n) is 4.50. The first-order valence-electron chi connectivity index (χ1n) is 11.0. The van der Waals surface area contributed by atoms with Crippen molar-refractivity contribution < 1.29 is 0 Å². The maximum Gasteiger partial charge on any atom is 0.262 e. The van der Waals surface area contributed by atoms with Crippen molar-refractivity contribution in [2.24, 2.45) is 7.05 Å². The van der Waals surface area contributed by atoms with Crippen LogP contribution in [0.1, 0.15) is 28.0 Å². The molecule has 0 saturated carbocycles. The second-order valence-corrected chi connectivity index (χ2v) is 9.99. The van der Waals surface area contributed by atoms with Crippen molar-refractivity contribution in [2.45, 2.75) is 44.7 Å². The third-order valence-electron chi connectivity index (χ3n) is 6.17. The first-order chi connectivity index (χ1) is 15.6. The number of thiophene rings is 1. The van der Waals surface area contributed by atoms with Crippen molar-refractivity contribution in [3.05, 3.63) is 79.9 Å². The van der Waals surface area contributed by atoms with Gasteiger partial charge in [0.2, 0.25) is 0 Å². The number of rotatable bonds is 7. The number of benzene rings is 1. The second-order valence-electron chi connectivity index (χ2n) is 8.47. The first kappa shape index (κ1) is 21.4. The summed E-state index contributed by atoms with van der Waals surface area (Å²) in [5.41, 5.74) is 3.67. The van der Waals surface area contributed by atoms with Gasteiger partial charge in [-0.1, -0.05) is 23.7 Å². The summed E-state index contributed by atoms with van der Waals surface area (Å²) in [6.45, 7) is 1.54. The number of halogens is 1. The van der Waals surface area contributed by atoms with Gasteiger partial charge in [0, 0.05) is 35.7 Å². The van der Waals surface area contributed by atoms with Gasteiger partial charge in [-0.25, -0.2) is 4.98 Å². The maximum atomic E-state index is 13.2. The van der Waals surface area contributed by atoms with Crippen LogP contribution in [0, 0.1) is 0 Å². The van der Waals surface area contributed by atoms with Crippen molar-refractivity contribution >= 4 is 33.2 Å². The van der Waals surface area contributed by atoms with E-state index >= 15 is 0 Å². The largest absolute Gasteiger partial charge is 0.313 e. The molecule has 0 bridgehead atoms. The van der Waals surface area contributed by atoms with Gasteiger partial charge in [-0.05, 0) is 67.5 Å². The van der Waals surface area contributed by atoms with Crippen LogP contribution in [0.25, 0.3) is 10.2 Å². The third kappa shape index (κ3) is 4.51. The van der Waals surface area contributed by atoms with Crippen molar-refractivity contribution in [2.75, 3.05) is 6.54 Å². The highest BCUT2D eigenvalue weighted by atomic mass is 35.5. The van der Waals surface area contributed by atoms with Gasteiger partial charge in [-0.2, -0.15) is 5.10 Å². The molecule has 0 fully saturated rings. The smallest absolute Gasteiger partial charge is 0.262 e. The van der Waals surface area contributed by atoms with Gasteiger partial charge in [-0.15, -0.1) is 11.3 Å². The number of hydrogen-bond acceptors (Lipinski definition) is 5. The minimum absolute atomic E-state index is 0.0810. The molecule has 1 atom stereocenters. The zero-order valence-electron chi connectivity index (χ0n) is 18.1. The lowest BCUT2D eigenvalue weighted by atomic mass is 9.93. The molecule has 1 N–H and O–H groups in total. The van der Waals surface area contributed by atoms with E-state index in [1.165, 1.54) is 16.0 Å². The molecule has 166 valence electrons. The number of nitrogens with one attached hydrogen (secondary N) is 1. The average molecular weight is 468 g/mol. The van der Waals surface area contributed by atoms with Crippen molar-refractivity contribution in [3.63, 3.8) is 0 Å². The highest BCUT2D eigenvalue weighted by Crippen LogP contribution is 2.33. The Balaban J connectivity index is 1.27. The van der Waals surface area contributed by atoms with Crippen LogP contribution in [0.2, 0.25) is 5.02 Å². The van der Waals surface area contributed by atoms with Crippen LogP contribution in [-0.2, 0) is 39.3 Å². The monoisotopic (exact) mass is 467 g/mol. The van der Waals surface area contributed by atoms with E-state index < -0.39 is 0 Å². The molecule has 1 aliphatic rings. The van der Waals surface area contributed by atoms with Crippen LogP contribution < -0.4 is 10.9 Å². The fraction of sp³-hybridized carbons (Fsp3) is 0.375. The van der Waals surface area contributed by atoms with Gasteiger partial charge in [0.15, 0.2) is 0 Å². The van der Waals surface area contributed by atoms with E-state index in [9.17, 15) is 4.79 Å². The van der Waals surface area contributed by atoms with Gasteiger partial charge < -0.3 is 5.32 Å². The van der Waals surface area contributed by atoms with Crippen molar-refractivity contribution in [3.8, 4) is 0 Å². The van der Waals surface area contributed by atoms with Gasteiger partial charge in [0.05, 0.1) is 17.9 Å². The summed E-state index contributed by atoms with van der Waals surface area (Å²) in [7, 11) is 1.94. The summed E-state index contributed by atoms with van der Waals surface area (Å²) in [6, 6.07) is 8.24. The molecule has 0 radical (unpaired) electrons. The topological polar surface area (TPSA) is 64.7 Å². The number of fused-ring (bicyclic) bond motifs is 3. The number of hydrogen-bond donors (Lipinski definition) is 1. The minimum Gasteiger partial charge on any atom is -0.313 e. The molecule has 32 heavy (non-hydrogen) atoms. The zero-order valence-corrected chi connectivity index (χ0v) is 19.6. The van der Waals surface area contributed by atoms with Gasteiger partial charge in [-0.3, -0.25) is 14.0 Å². The third-order valence-corrected chi connectivity index (χ3v) is 7.57. The fourth-order valence-corrected chi connectivity index (χ4v) is 5.97. The summed E-state index contributed by atoms with van der Waals surface area (Å²) in [4.78, 5) is 20.1. The Kier molecular flexibility index (Phi) is 6.13. The van der Waals surface area contributed by atoms with Crippen LogP contribution in [0.5, 0.6) is 0 Å². The summed E-state index contributed by atoms with van der Waals surface area (Å²) in [6.07, 6.45) is 10.3. The van der Waals surface area contributed by atoms with Crippen LogP contribution in [0.15, 0.2) is 47.8 Å². The van der Waals surface area contributed by atoms with E-state index in [0.717, 1.165) is 59.5 Å². The summed E-state index contributed by atoms with van der Waals surface area (Å²) >= 11 is 7.77. The van der Waals surface area contributed by atoms with E-state index in [2.05, 4.69) is 21.6 Å². The summed E-state index contributed by atoms with van der Waals surface area (Å²) in [5.74, 6) is 0. The standard InChI is InChI=1S/C24H26ClN5OS/c1-29-14-17(13-28-29)7-9-26-19-5-6-20-21(12-19)32-23-22(20)24(31)30(15-27-23)10-8-16-3-2-4-18(25)11-16/h2-4,11,13-15,19,26H,5-10,12H2,1H3. The Morgan fingerprint density at radius 2 is 2.19 bits per heavy atom. The lowest BCUT2D eigenvalue weighted by Crippen LogP contribution is -2.35. The Hall–Kier alpha value is -2.48. The van der Waals surface area contributed by atoms with E-state index in [-0.39, 0.29) is 5.56 Å². The van der Waals surface area contributed by atoms with Crippen molar-refractivity contribution in [1.29, 1.82) is 0 Å². The van der Waals surface area contributed by atoms with Gasteiger partial charge >= 0.3 is 0 Å². The Morgan fingerprint density at radius 1 is 1.28 bits per heavy atom. The van der Waals surface area contributed by atoms with Gasteiger partial charge in [0.25, 0.3) is 5.56 Å². The molecule has 5 rings (SSSR count). The number of aryl methyl sites for hydroxylation is 4. The highest BCUT2D eigenvalue weighted by Gasteiger charge is 2.25. The first-order valence-corrected chi connectivity index (χ1v) is 12.2. The average Bonchev–Trinajstić information content (AvgIpc) is 3.36. The molecule has 4 aromatic rings. The molecule has 0 aliphatic heterocycles. The molecule has 6 nitrogen and oxygen atoms in total. The molecule has 3 heterocycles. The molecule has 1 unspecified atom stereocenters. The summed E-state index contributed by atoms with van der Waals surface area (Å²) in [5, 5.41) is 9.47. The van der Waals surface area contributed by atoms with E-state index in [0.29, 0.717) is 12.6 Å². The molecule has 1 aromatic carbocycles. The molecule has 0 saturated heterocycles. The van der Waals surface area contributed by atoms with E-state index in [4.69, 9.17) is 11.6 Å². The number of nitrogens with zero attached hydrogens (tertiary/aromatic N) is 4. The van der Waals surface area contributed by atoms with Crippen LogP contribution >= 0.6 is 22.9 Å². The highest BCUT2D eigenvalue weighted by molar-refractivity contribution is 7.18. The maximum absolute atomic E-state index is 13.2. The van der Waals surface area contributed by atoms with E-state index in [1.54, 1.807) is 22.2 Å². The lowest BCUT2D eigenvalue weighted by Gasteiger charge is -2.23. The van der Waals surface area contributed by atoms with Crippen LogP contribution in [0.4, 0.5) is 0 Å². The Bertz CT molecular complexity index is 1310. The van der Waals surface area contributed by atoms with Gasteiger partial charge in [0.1, 0.15) is 4.83 Å². The normalized spacial score (nSPS) is 15.9. The Labute approximate surface area is 195 Å². The molecule has 1 aliphatic carbocycles. The molecule has 3 aromatic heterocycles. The molecule has 0 amide bonds. The Morgan fingerprint density at radius 3 is 3.00 bits per heavy atom. The van der Waals surface area contributed by atoms with Crippen LogP contribution in [-0.4, -0.2) is 31.9 Å². The molecular formula is C24H26ClN5OS. The molecular weight excluding hydrogens is 442 g/mol. The quantitative estimate of drug-likeness (QED) is 0.449. The summed E-state index contributed by atoms with van der Waals surface area (Å²) < 4.78 is 3.59. The SMILES string of the molecule is Cn1cc(CCNC2CCc3c(sc4ncn(CCc5cccc(Cl)c5)c(=O)c34)C2)cn1. The zero-order chi connectivity index (χ0) is 22.1. The predicted octanol–water partition coefficient (Wildman–Crippen LogP) is 3.78. The van der Waals surface area contributed by atoms with E-state index in [1.807, 2.05) is 42.2 Å². The second kappa shape index (κ2) is 9.17. The number of aromatic nitrogens is 4. The molecule has 8 heteroatoms. The minimum atomic E-state index is 0.0810. The molecule has 0 spiro atoms. The predicted molar refractivity (Wildman–Crippen MR) is 130 cm³/mol. The van der Waals surface area contributed by atoms with Crippen molar-refractivity contribution in [1.82, 2.24) is 24.6 Å².